The lowest BCUT2D eigenvalue weighted by Crippen LogP contribution is -2.30. The van der Waals surface area contributed by atoms with Crippen molar-refractivity contribution in [2.24, 2.45) is 5.92 Å². The van der Waals surface area contributed by atoms with Crippen LogP contribution in [0.1, 0.15) is 40.5 Å². The molecule has 1 fully saturated rings. The van der Waals surface area contributed by atoms with Crippen LogP contribution in [0.15, 0.2) is 48.9 Å². The summed E-state index contributed by atoms with van der Waals surface area (Å²) in [5.41, 5.74) is 4.20. The lowest BCUT2D eigenvalue weighted by atomic mass is 10.1. The van der Waals surface area contributed by atoms with Gasteiger partial charge < -0.3 is 5.32 Å². The van der Waals surface area contributed by atoms with Gasteiger partial charge in [-0.15, -0.1) is 0 Å². The Morgan fingerprint density at radius 3 is 2.58 bits per heavy atom. The summed E-state index contributed by atoms with van der Waals surface area (Å²) < 4.78 is 0. The molecule has 1 aliphatic carbocycles. The summed E-state index contributed by atoms with van der Waals surface area (Å²) in [6.45, 7) is 2.04. The Morgan fingerprint density at radius 1 is 1.04 bits per heavy atom. The second-order valence-electron chi connectivity index (χ2n) is 6.31. The number of benzene rings is 1. The zero-order chi connectivity index (χ0) is 16.5. The highest BCUT2D eigenvalue weighted by Gasteiger charge is 2.34. The van der Waals surface area contributed by atoms with Crippen LogP contribution in [0.25, 0.3) is 11.0 Å². The fraction of sp³-hybridized carbons (Fsp3) is 0.263. The van der Waals surface area contributed by atoms with Crippen LogP contribution in [0, 0.1) is 12.8 Å². The van der Waals surface area contributed by atoms with Crippen molar-refractivity contribution in [2.75, 3.05) is 0 Å². The number of fused-ring (bicyclic) bond motifs is 1. The molecule has 1 atom stereocenters. The number of carbonyl (C=O) groups is 1. The summed E-state index contributed by atoms with van der Waals surface area (Å²) in [5, 5.41) is 3.15. The van der Waals surface area contributed by atoms with Crippen LogP contribution in [0.5, 0.6) is 0 Å². The SMILES string of the molecule is Cc1ccnc([C@H](NC(=O)c2ccc3nccnc3c2)C2CC2)c1. The van der Waals surface area contributed by atoms with Crippen LogP contribution in [-0.2, 0) is 0 Å². The number of nitrogens with zero attached hydrogens (tertiary/aromatic N) is 3. The molecule has 1 saturated carbocycles. The molecule has 2 heterocycles. The van der Waals surface area contributed by atoms with Gasteiger partial charge in [0.05, 0.1) is 22.8 Å². The molecule has 4 rings (SSSR count). The van der Waals surface area contributed by atoms with Gasteiger partial charge in [-0.2, -0.15) is 0 Å². The molecule has 120 valence electrons. The average molecular weight is 318 g/mol. The van der Waals surface area contributed by atoms with Gasteiger partial charge in [-0.05, 0) is 61.6 Å². The summed E-state index contributed by atoms with van der Waals surface area (Å²) >= 11 is 0. The van der Waals surface area contributed by atoms with E-state index in [1.54, 1.807) is 30.7 Å². The quantitative estimate of drug-likeness (QED) is 0.802. The maximum absolute atomic E-state index is 12.7. The van der Waals surface area contributed by atoms with Gasteiger partial charge in [-0.1, -0.05) is 0 Å². The second-order valence-corrected chi connectivity index (χ2v) is 6.31. The lowest BCUT2D eigenvalue weighted by molar-refractivity contribution is 0.0931. The molecule has 3 aromatic rings. The summed E-state index contributed by atoms with van der Waals surface area (Å²) in [4.78, 5) is 25.7. The molecule has 2 aromatic heterocycles. The first-order valence-electron chi connectivity index (χ1n) is 8.15. The van der Waals surface area contributed by atoms with Gasteiger partial charge in [0, 0.05) is 24.2 Å². The molecule has 1 amide bonds. The number of hydrogen-bond acceptors (Lipinski definition) is 4. The minimum absolute atomic E-state index is 0.0324. The normalized spacial score (nSPS) is 15.2. The third-order valence-electron chi connectivity index (χ3n) is 4.37. The molecule has 0 spiro atoms. The van der Waals surface area contributed by atoms with E-state index in [9.17, 15) is 4.79 Å². The Labute approximate surface area is 140 Å². The predicted octanol–water partition coefficient (Wildman–Crippen LogP) is 3.21. The summed E-state index contributed by atoms with van der Waals surface area (Å²) in [7, 11) is 0. The number of amides is 1. The largest absolute Gasteiger partial charge is 0.343 e. The van der Waals surface area contributed by atoms with Gasteiger partial charge in [0.2, 0.25) is 0 Å². The Morgan fingerprint density at radius 2 is 1.83 bits per heavy atom. The number of pyridine rings is 1. The number of rotatable bonds is 4. The van der Waals surface area contributed by atoms with Crippen LogP contribution >= 0.6 is 0 Å². The fourth-order valence-electron chi connectivity index (χ4n) is 2.92. The monoisotopic (exact) mass is 318 g/mol. The van der Waals surface area contributed by atoms with E-state index in [4.69, 9.17) is 0 Å². The van der Waals surface area contributed by atoms with Gasteiger partial charge in [-0.3, -0.25) is 19.7 Å². The molecule has 1 aliphatic rings. The molecule has 0 unspecified atom stereocenters. The summed E-state index contributed by atoms with van der Waals surface area (Å²) in [5.74, 6) is 0.381. The van der Waals surface area contributed by atoms with E-state index < -0.39 is 0 Å². The highest BCUT2D eigenvalue weighted by Crippen LogP contribution is 2.40. The molecule has 24 heavy (non-hydrogen) atoms. The predicted molar refractivity (Wildman–Crippen MR) is 91.4 cm³/mol. The third kappa shape index (κ3) is 2.97. The summed E-state index contributed by atoms with van der Waals surface area (Å²) in [6.07, 6.45) is 7.34. The standard InChI is InChI=1S/C19H18N4O/c1-12-6-7-20-17(10-12)18(13-2-3-13)23-19(24)14-4-5-15-16(11-14)22-9-8-21-15/h4-11,13,18H,2-3H2,1H3,(H,23,24)/t18-/m1/s1. The molecular weight excluding hydrogens is 300 g/mol. The Kier molecular flexibility index (Phi) is 3.69. The first-order valence-corrected chi connectivity index (χ1v) is 8.15. The molecule has 5 heteroatoms. The van der Waals surface area contributed by atoms with Crippen molar-refractivity contribution in [3.05, 3.63) is 65.7 Å². The van der Waals surface area contributed by atoms with E-state index >= 15 is 0 Å². The zero-order valence-electron chi connectivity index (χ0n) is 13.4. The molecule has 0 radical (unpaired) electrons. The van der Waals surface area contributed by atoms with Gasteiger partial charge in [0.1, 0.15) is 0 Å². The van der Waals surface area contributed by atoms with E-state index in [0.717, 1.165) is 35.1 Å². The van der Waals surface area contributed by atoms with E-state index in [-0.39, 0.29) is 11.9 Å². The van der Waals surface area contributed by atoms with Gasteiger partial charge >= 0.3 is 0 Å². The Hall–Kier alpha value is -2.82. The van der Waals surface area contributed by atoms with Crippen LogP contribution in [0.2, 0.25) is 0 Å². The van der Waals surface area contributed by atoms with E-state index in [1.165, 1.54) is 0 Å². The van der Waals surface area contributed by atoms with Crippen LogP contribution in [0.3, 0.4) is 0 Å². The second kappa shape index (κ2) is 6.00. The number of hydrogen-bond donors (Lipinski definition) is 1. The third-order valence-corrected chi connectivity index (χ3v) is 4.37. The Balaban J connectivity index is 1.60. The van der Waals surface area contributed by atoms with Crippen LogP contribution in [-0.4, -0.2) is 20.9 Å². The molecule has 5 nitrogen and oxygen atoms in total. The maximum atomic E-state index is 12.7. The topological polar surface area (TPSA) is 67.8 Å². The number of aromatic nitrogens is 3. The van der Waals surface area contributed by atoms with Crippen molar-refractivity contribution in [2.45, 2.75) is 25.8 Å². The van der Waals surface area contributed by atoms with Crippen molar-refractivity contribution in [3.8, 4) is 0 Å². The lowest BCUT2D eigenvalue weighted by Gasteiger charge is -2.18. The van der Waals surface area contributed by atoms with E-state index in [0.29, 0.717) is 11.5 Å². The minimum atomic E-state index is -0.0947. The van der Waals surface area contributed by atoms with Crippen molar-refractivity contribution in [1.82, 2.24) is 20.3 Å². The fourth-order valence-corrected chi connectivity index (χ4v) is 2.92. The molecule has 1 N–H and O–H groups in total. The first-order chi connectivity index (χ1) is 11.7. The van der Waals surface area contributed by atoms with E-state index in [1.807, 2.05) is 19.1 Å². The van der Waals surface area contributed by atoms with Crippen molar-refractivity contribution < 1.29 is 4.79 Å². The van der Waals surface area contributed by atoms with Crippen LogP contribution in [0.4, 0.5) is 0 Å². The number of aryl methyl sites for hydroxylation is 1. The van der Waals surface area contributed by atoms with E-state index in [2.05, 4.69) is 26.3 Å². The van der Waals surface area contributed by atoms with Gasteiger partial charge in [0.15, 0.2) is 0 Å². The Bertz CT molecular complexity index is 905. The maximum Gasteiger partial charge on any atom is 0.251 e. The molecule has 0 saturated heterocycles. The smallest absolute Gasteiger partial charge is 0.251 e. The van der Waals surface area contributed by atoms with Gasteiger partial charge in [0.25, 0.3) is 5.91 Å². The zero-order valence-corrected chi connectivity index (χ0v) is 13.4. The molecule has 1 aromatic carbocycles. The molecule has 0 aliphatic heterocycles. The number of carbonyl (C=O) groups excluding carboxylic acids is 1. The molecule has 0 bridgehead atoms. The average Bonchev–Trinajstić information content (AvgIpc) is 3.44. The molecular formula is C19H18N4O. The summed E-state index contributed by atoms with van der Waals surface area (Å²) in [6, 6.07) is 9.39. The number of nitrogens with one attached hydrogen (secondary N) is 1. The highest BCUT2D eigenvalue weighted by atomic mass is 16.1. The first kappa shape index (κ1) is 14.8. The van der Waals surface area contributed by atoms with Crippen molar-refractivity contribution in [1.29, 1.82) is 0 Å². The highest BCUT2D eigenvalue weighted by molar-refractivity contribution is 5.97. The van der Waals surface area contributed by atoms with Gasteiger partial charge in [-0.25, -0.2) is 0 Å². The van der Waals surface area contributed by atoms with Crippen molar-refractivity contribution >= 4 is 16.9 Å². The minimum Gasteiger partial charge on any atom is -0.343 e. The van der Waals surface area contributed by atoms with Crippen LogP contribution < -0.4 is 5.32 Å². The van der Waals surface area contributed by atoms with Crippen molar-refractivity contribution in [3.63, 3.8) is 0 Å².